The molecule has 0 bridgehead atoms. The summed E-state index contributed by atoms with van der Waals surface area (Å²) >= 11 is 17.9. The summed E-state index contributed by atoms with van der Waals surface area (Å²) in [5, 5.41) is 5.31. The molecule has 0 atom stereocenters. The monoisotopic (exact) mass is 419 g/mol. The first-order chi connectivity index (χ1) is 13.1. The second kappa shape index (κ2) is 10.0. The normalized spacial score (nSPS) is 10.8. The van der Waals surface area contributed by atoms with E-state index in [1.54, 1.807) is 6.07 Å². The van der Waals surface area contributed by atoms with Gasteiger partial charge in [-0.15, -0.1) is 0 Å². The molecule has 0 aliphatic heterocycles. The smallest absolute Gasteiger partial charge is 0.120 e. The predicted molar refractivity (Wildman–Crippen MR) is 114 cm³/mol. The molecule has 0 aliphatic carbocycles. The number of hydrogen-bond donors (Lipinski definition) is 1. The van der Waals surface area contributed by atoms with Gasteiger partial charge in [-0.3, -0.25) is 0 Å². The lowest BCUT2D eigenvalue weighted by Gasteiger charge is -2.10. The highest BCUT2D eigenvalue weighted by molar-refractivity contribution is 6.42. The summed E-state index contributed by atoms with van der Waals surface area (Å²) in [6.07, 6.45) is 0.963. The van der Waals surface area contributed by atoms with Gasteiger partial charge in [0, 0.05) is 11.6 Å². The topological polar surface area (TPSA) is 21.3 Å². The first kappa shape index (κ1) is 20.0. The third-order valence-electron chi connectivity index (χ3n) is 4.12. The maximum atomic E-state index is 6.04. The summed E-state index contributed by atoms with van der Waals surface area (Å²) in [7, 11) is 0. The Morgan fingerprint density at radius 3 is 2.30 bits per heavy atom. The number of hydrogen-bond acceptors (Lipinski definition) is 2. The third kappa shape index (κ3) is 6.44. The van der Waals surface area contributed by atoms with E-state index in [0.717, 1.165) is 35.8 Å². The Morgan fingerprint density at radius 1 is 0.741 bits per heavy atom. The zero-order valence-corrected chi connectivity index (χ0v) is 17.0. The summed E-state index contributed by atoms with van der Waals surface area (Å²) in [6.45, 7) is 2.14. The Balaban J connectivity index is 1.46. The molecule has 3 rings (SSSR count). The SMILES string of the molecule is Clc1ccc(CCNCc2cccc(OCc3ccc(Cl)c(Cl)c3)c2)cc1. The summed E-state index contributed by atoms with van der Waals surface area (Å²) in [6, 6.07) is 21.6. The van der Waals surface area contributed by atoms with Crippen LogP contribution < -0.4 is 10.1 Å². The molecule has 0 unspecified atom stereocenters. The van der Waals surface area contributed by atoms with Gasteiger partial charge in [0.25, 0.3) is 0 Å². The molecule has 0 spiro atoms. The average molecular weight is 421 g/mol. The molecule has 1 N–H and O–H groups in total. The van der Waals surface area contributed by atoms with Crippen molar-refractivity contribution in [2.45, 2.75) is 19.6 Å². The zero-order valence-electron chi connectivity index (χ0n) is 14.7. The number of ether oxygens (including phenoxy) is 1. The number of halogens is 3. The van der Waals surface area contributed by atoms with Crippen molar-refractivity contribution >= 4 is 34.8 Å². The van der Waals surface area contributed by atoms with Crippen LogP contribution in [0.2, 0.25) is 15.1 Å². The molecule has 0 saturated carbocycles. The molecule has 0 aliphatic rings. The fourth-order valence-electron chi connectivity index (χ4n) is 2.66. The molecule has 0 aromatic heterocycles. The molecule has 5 heteroatoms. The van der Waals surface area contributed by atoms with Crippen molar-refractivity contribution < 1.29 is 4.74 Å². The second-order valence-electron chi connectivity index (χ2n) is 6.24. The van der Waals surface area contributed by atoms with Gasteiger partial charge < -0.3 is 10.1 Å². The van der Waals surface area contributed by atoms with Crippen LogP contribution in [-0.2, 0) is 19.6 Å². The van der Waals surface area contributed by atoms with E-state index in [1.807, 2.05) is 42.5 Å². The summed E-state index contributed by atoms with van der Waals surface area (Å²) in [5.41, 5.74) is 3.43. The Kier molecular flexibility index (Phi) is 7.42. The number of benzene rings is 3. The van der Waals surface area contributed by atoms with Gasteiger partial charge in [0.1, 0.15) is 12.4 Å². The van der Waals surface area contributed by atoms with E-state index in [-0.39, 0.29) is 0 Å². The molecule has 0 fully saturated rings. The molecule has 27 heavy (non-hydrogen) atoms. The van der Waals surface area contributed by atoms with Crippen LogP contribution in [0.25, 0.3) is 0 Å². The fraction of sp³-hybridized carbons (Fsp3) is 0.182. The van der Waals surface area contributed by atoms with Crippen molar-refractivity contribution in [2.24, 2.45) is 0 Å². The van der Waals surface area contributed by atoms with Gasteiger partial charge in [-0.2, -0.15) is 0 Å². The van der Waals surface area contributed by atoms with Gasteiger partial charge in [-0.1, -0.05) is 65.1 Å². The van der Waals surface area contributed by atoms with E-state index < -0.39 is 0 Å². The highest BCUT2D eigenvalue weighted by Crippen LogP contribution is 2.23. The van der Waals surface area contributed by atoms with Crippen LogP contribution in [0.15, 0.2) is 66.7 Å². The van der Waals surface area contributed by atoms with Crippen molar-refractivity contribution in [3.63, 3.8) is 0 Å². The van der Waals surface area contributed by atoms with Crippen LogP contribution in [-0.4, -0.2) is 6.54 Å². The van der Waals surface area contributed by atoms with Crippen molar-refractivity contribution in [3.05, 3.63) is 98.5 Å². The highest BCUT2D eigenvalue weighted by Gasteiger charge is 2.02. The van der Waals surface area contributed by atoms with E-state index in [2.05, 4.69) is 23.5 Å². The van der Waals surface area contributed by atoms with Crippen molar-refractivity contribution in [1.82, 2.24) is 5.32 Å². The van der Waals surface area contributed by atoms with Gasteiger partial charge in [0.15, 0.2) is 0 Å². The largest absolute Gasteiger partial charge is 0.489 e. The second-order valence-corrected chi connectivity index (χ2v) is 7.49. The maximum Gasteiger partial charge on any atom is 0.120 e. The molecular formula is C22H20Cl3NO. The first-order valence-corrected chi connectivity index (χ1v) is 9.84. The van der Waals surface area contributed by atoms with E-state index in [9.17, 15) is 0 Å². The van der Waals surface area contributed by atoms with E-state index in [4.69, 9.17) is 39.5 Å². The molecule has 0 amide bonds. The Morgan fingerprint density at radius 2 is 1.52 bits per heavy atom. The lowest BCUT2D eigenvalue weighted by Crippen LogP contribution is -2.16. The lowest BCUT2D eigenvalue weighted by molar-refractivity contribution is 0.306. The summed E-state index contributed by atoms with van der Waals surface area (Å²) in [4.78, 5) is 0. The number of nitrogens with one attached hydrogen (secondary N) is 1. The molecule has 0 radical (unpaired) electrons. The van der Waals surface area contributed by atoms with E-state index in [1.165, 1.54) is 11.1 Å². The summed E-state index contributed by atoms with van der Waals surface area (Å²) < 4.78 is 5.87. The predicted octanol–water partition coefficient (Wildman–Crippen LogP) is 6.56. The Labute approximate surface area is 175 Å². The van der Waals surface area contributed by atoms with Crippen LogP contribution in [0.1, 0.15) is 16.7 Å². The van der Waals surface area contributed by atoms with Gasteiger partial charge in [0.2, 0.25) is 0 Å². The molecule has 140 valence electrons. The van der Waals surface area contributed by atoms with Crippen molar-refractivity contribution in [1.29, 1.82) is 0 Å². The highest BCUT2D eigenvalue weighted by atomic mass is 35.5. The average Bonchev–Trinajstić information content (AvgIpc) is 2.68. The number of rotatable bonds is 8. The van der Waals surface area contributed by atoms with Gasteiger partial charge >= 0.3 is 0 Å². The quantitative estimate of drug-likeness (QED) is 0.417. The van der Waals surface area contributed by atoms with E-state index in [0.29, 0.717) is 16.7 Å². The lowest BCUT2D eigenvalue weighted by atomic mass is 10.1. The molecular weight excluding hydrogens is 401 g/mol. The molecule has 3 aromatic carbocycles. The maximum absolute atomic E-state index is 6.04. The fourth-order valence-corrected chi connectivity index (χ4v) is 3.10. The molecule has 0 saturated heterocycles. The van der Waals surface area contributed by atoms with Gasteiger partial charge in [0.05, 0.1) is 10.0 Å². The van der Waals surface area contributed by atoms with E-state index >= 15 is 0 Å². The van der Waals surface area contributed by atoms with Crippen LogP contribution >= 0.6 is 34.8 Å². The minimum absolute atomic E-state index is 0.449. The van der Waals surface area contributed by atoms with Crippen LogP contribution in [0.4, 0.5) is 0 Å². The van der Waals surface area contributed by atoms with Crippen molar-refractivity contribution in [3.8, 4) is 5.75 Å². The minimum atomic E-state index is 0.449. The molecule has 2 nitrogen and oxygen atoms in total. The first-order valence-electron chi connectivity index (χ1n) is 8.71. The van der Waals surface area contributed by atoms with Gasteiger partial charge in [-0.05, 0) is 66.1 Å². The Bertz CT molecular complexity index is 881. The van der Waals surface area contributed by atoms with Crippen LogP contribution in [0.5, 0.6) is 5.75 Å². The van der Waals surface area contributed by atoms with Crippen LogP contribution in [0.3, 0.4) is 0 Å². The summed E-state index contributed by atoms with van der Waals surface area (Å²) in [5.74, 6) is 0.832. The Hall–Kier alpha value is -1.71. The third-order valence-corrected chi connectivity index (χ3v) is 5.11. The molecule has 0 heterocycles. The minimum Gasteiger partial charge on any atom is -0.489 e. The van der Waals surface area contributed by atoms with Crippen LogP contribution in [0, 0.1) is 0 Å². The zero-order chi connectivity index (χ0) is 19.1. The van der Waals surface area contributed by atoms with Crippen molar-refractivity contribution in [2.75, 3.05) is 6.54 Å². The van der Waals surface area contributed by atoms with Gasteiger partial charge in [-0.25, -0.2) is 0 Å². The standard InChI is InChI=1S/C22H20Cl3NO/c23-19-7-4-16(5-8-19)10-11-26-14-17-2-1-3-20(12-17)27-15-18-6-9-21(24)22(25)13-18/h1-9,12-13,26H,10-11,14-15H2. The molecule has 3 aromatic rings.